The number of H-pyrrole nitrogens is 1. The molecule has 0 unspecified atom stereocenters. The highest BCUT2D eigenvalue weighted by atomic mass is 16.5. The van der Waals surface area contributed by atoms with Crippen molar-refractivity contribution in [1.82, 2.24) is 10.3 Å². The van der Waals surface area contributed by atoms with Crippen molar-refractivity contribution in [3.05, 3.63) is 70.0 Å². The summed E-state index contributed by atoms with van der Waals surface area (Å²) in [5.41, 5.74) is 1.88. The first-order chi connectivity index (χ1) is 17.1. The second kappa shape index (κ2) is 13.9. The number of methoxy groups -OCH3 is 1. The lowest BCUT2D eigenvalue weighted by Crippen LogP contribution is -2.32. The van der Waals surface area contributed by atoms with Crippen LogP contribution in [-0.4, -0.2) is 57.0 Å². The van der Waals surface area contributed by atoms with Crippen LogP contribution in [0.4, 0.5) is 0 Å². The number of carboxylic acid groups (broad SMARTS) is 2. The third kappa shape index (κ3) is 9.05. The van der Waals surface area contributed by atoms with Crippen molar-refractivity contribution in [2.45, 2.75) is 44.8 Å². The predicted molar refractivity (Wildman–Crippen MR) is 134 cm³/mol. The van der Waals surface area contributed by atoms with Crippen molar-refractivity contribution < 1.29 is 34.8 Å². The number of aromatic amines is 1. The molecule has 3 rings (SSSR count). The van der Waals surface area contributed by atoms with Gasteiger partial charge in [-0.2, -0.15) is 0 Å². The zero-order chi connectivity index (χ0) is 26.7. The average molecular weight is 501 g/mol. The lowest BCUT2D eigenvalue weighted by Gasteiger charge is -2.19. The van der Waals surface area contributed by atoms with Gasteiger partial charge in [0.05, 0.1) is 18.7 Å². The highest BCUT2D eigenvalue weighted by molar-refractivity contribution is 5.87. The molecule has 10 heteroatoms. The number of hydrogen-bond acceptors (Lipinski definition) is 7. The standard InChI is InChI=1S/C21H24N2O4.C5H8O4/c1-13(11-14-3-5-15(27-2)6-4-14)22-12-19(25)16-7-9-18(24)21-17(16)8-10-20(26)23-21;6-4(7)2-1-3-5(8)9/h3-10,13,19,22,24-25H,11-12H2,1-2H3,(H,23,26);1-3H2,(H,6,7)(H,8,9)/t13-,19+;/m1./s1. The van der Waals surface area contributed by atoms with Gasteiger partial charge in [-0.25, -0.2) is 0 Å². The molecule has 0 aliphatic carbocycles. The molecular formula is C26H32N2O8. The van der Waals surface area contributed by atoms with E-state index in [-0.39, 0.29) is 36.6 Å². The number of aliphatic carboxylic acids is 2. The number of hydrogen-bond donors (Lipinski definition) is 6. The summed E-state index contributed by atoms with van der Waals surface area (Å²) in [6, 6.07) is 14.2. The molecule has 10 nitrogen and oxygen atoms in total. The minimum absolute atomic E-state index is 0.0144. The van der Waals surface area contributed by atoms with Crippen LogP contribution in [0.2, 0.25) is 0 Å². The summed E-state index contributed by atoms with van der Waals surface area (Å²) < 4.78 is 5.16. The first-order valence-corrected chi connectivity index (χ1v) is 11.4. The van der Waals surface area contributed by atoms with Gasteiger partial charge in [0, 0.05) is 36.9 Å². The second-order valence-corrected chi connectivity index (χ2v) is 8.30. The fraction of sp³-hybridized carbons (Fsp3) is 0.346. The molecule has 36 heavy (non-hydrogen) atoms. The number of aliphatic hydroxyl groups is 1. The van der Waals surface area contributed by atoms with Gasteiger partial charge in [-0.1, -0.05) is 18.2 Å². The van der Waals surface area contributed by atoms with E-state index >= 15 is 0 Å². The third-order valence-electron chi connectivity index (χ3n) is 5.41. The van der Waals surface area contributed by atoms with Crippen LogP contribution in [0.3, 0.4) is 0 Å². The molecule has 6 N–H and O–H groups in total. The highest BCUT2D eigenvalue weighted by Crippen LogP contribution is 2.28. The molecule has 2 aromatic carbocycles. The molecule has 0 spiro atoms. The average Bonchev–Trinajstić information content (AvgIpc) is 2.83. The first-order valence-electron chi connectivity index (χ1n) is 11.4. The molecule has 0 saturated carbocycles. The van der Waals surface area contributed by atoms with Crippen LogP contribution in [0.15, 0.2) is 53.3 Å². The topological polar surface area (TPSA) is 169 Å². The van der Waals surface area contributed by atoms with Crippen molar-refractivity contribution in [3.8, 4) is 11.5 Å². The number of carbonyl (C=O) groups is 2. The number of fused-ring (bicyclic) bond motifs is 1. The monoisotopic (exact) mass is 500 g/mol. The third-order valence-corrected chi connectivity index (χ3v) is 5.41. The maximum absolute atomic E-state index is 11.5. The van der Waals surface area contributed by atoms with Crippen LogP contribution in [0.1, 0.15) is 43.4 Å². The van der Waals surface area contributed by atoms with Crippen LogP contribution < -0.4 is 15.6 Å². The van der Waals surface area contributed by atoms with E-state index in [1.54, 1.807) is 19.2 Å². The van der Waals surface area contributed by atoms with Gasteiger partial charge in [-0.3, -0.25) is 14.4 Å². The quantitative estimate of drug-likeness (QED) is 0.232. The highest BCUT2D eigenvalue weighted by Gasteiger charge is 2.15. The van der Waals surface area contributed by atoms with E-state index in [1.807, 2.05) is 24.3 Å². The van der Waals surface area contributed by atoms with Crippen molar-refractivity contribution in [2.75, 3.05) is 13.7 Å². The summed E-state index contributed by atoms with van der Waals surface area (Å²) in [4.78, 5) is 33.7. The normalized spacial score (nSPS) is 12.3. The number of rotatable bonds is 11. The molecule has 0 fully saturated rings. The molecule has 0 aliphatic rings. The van der Waals surface area contributed by atoms with Gasteiger partial charge in [0.25, 0.3) is 0 Å². The molecule has 1 aromatic heterocycles. The van der Waals surface area contributed by atoms with Gasteiger partial charge in [-0.15, -0.1) is 0 Å². The maximum atomic E-state index is 11.5. The molecule has 0 saturated heterocycles. The van der Waals surface area contributed by atoms with Crippen LogP contribution in [0.5, 0.6) is 11.5 Å². The number of aliphatic hydroxyl groups excluding tert-OH is 1. The zero-order valence-corrected chi connectivity index (χ0v) is 20.2. The van der Waals surface area contributed by atoms with E-state index in [1.165, 1.54) is 17.7 Å². The van der Waals surface area contributed by atoms with Gasteiger partial charge in [-0.05, 0) is 55.2 Å². The van der Waals surface area contributed by atoms with Crippen molar-refractivity contribution in [2.24, 2.45) is 0 Å². The number of phenols is 1. The molecule has 0 amide bonds. The molecular weight excluding hydrogens is 468 g/mol. The Morgan fingerprint density at radius 1 is 1.00 bits per heavy atom. The summed E-state index contributed by atoms with van der Waals surface area (Å²) >= 11 is 0. The lowest BCUT2D eigenvalue weighted by atomic mass is 10.0. The molecule has 2 atom stereocenters. The summed E-state index contributed by atoms with van der Waals surface area (Å²) in [7, 11) is 1.64. The first kappa shape index (κ1) is 28.3. The molecule has 0 radical (unpaired) electrons. The Labute approximate surface area is 208 Å². The Bertz CT molecular complexity index is 1190. The lowest BCUT2D eigenvalue weighted by molar-refractivity contribution is -0.138. The smallest absolute Gasteiger partial charge is 0.303 e. The van der Waals surface area contributed by atoms with Gasteiger partial charge in [0.2, 0.25) is 5.56 Å². The van der Waals surface area contributed by atoms with Crippen molar-refractivity contribution >= 4 is 22.8 Å². The Kier molecular flexibility index (Phi) is 10.9. The minimum atomic E-state index is -0.948. The number of pyridine rings is 1. The van der Waals surface area contributed by atoms with Crippen LogP contribution in [0, 0.1) is 0 Å². The number of nitrogens with one attached hydrogen (secondary N) is 2. The minimum Gasteiger partial charge on any atom is -0.506 e. The number of ether oxygens (including phenoxy) is 1. The predicted octanol–water partition coefficient (Wildman–Crippen LogP) is 2.82. The Hall–Kier alpha value is -3.89. The summed E-state index contributed by atoms with van der Waals surface area (Å²) in [6.45, 7) is 2.42. The van der Waals surface area contributed by atoms with E-state index < -0.39 is 18.0 Å². The molecule has 194 valence electrons. The van der Waals surface area contributed by atoms with Gasteiger partial charge >= 0.3 is 11.9 Å². The van der Waals surface area contributed by atoms with E-state index in [4.69, 9.17) is 14.9 Å². The fourth-order valence-corrected chi connectivity index (χ4v) is 3.55. The van der Waals surface area contributed by atoms with Crippen molar-refractivity contribution in [3.63, 3.8) is 0 Å². The van der Waals surface area contributed by atoms with Gasteiger partial charge in [0.15, 0.2) is 0 Å². The number of aromatic nitrogens is 1. The van der Waals surface area contributed by atoms with Crippen LogP contribution in [-0.2, 0) is 16.0 Å². The summed E-state index contributed by atoms with van der Waals surface area (Å²) in [5.74, 6) is -1.08. The SMILES string of the molecule is COc1ccc(C[C@@H](C)NC[C@H](O)c2ccc(O)c3[nH]c(=O)ccc23)cc1.O=C(O)CCCC(=O)O. The number of aromatic hydroxyl groups is 1. The number of phenolic OH excluding ortho intramolecular Hbond substituents is 1. The molecule has 1 heterocycles. The van der Waals surface area contributed by atoms with E-state index in [2.05, 4.69) is 17.2 Å². The molecule has 3 aromatic rings. The van der Waals surface area contributed by atoms with Crippen molar-refractivity contribution in [1.29, 1.82) is 0 Å². The van der Waals surface area contributed by atoms with Crippen LogP contribution in [0.25, 0.3) is 10.9 Å². The van der Waals surface area contributed by atoms with E-state index in [0.717, 1.165) is 12.2 Å². The van der Waals surface area contributed by atoms with Crippen LogP contribution >= 0.6 is 0 Å². The summed E-state index contributed by atoms with van der Waals surface area (Å²) in [6.07, 6.45) is 0.140. The second-order valence-electron chi connectivity index (χ2n) is 8.30. The number of benzene rings is 2. The van der Waals surface area contributed by atoms with E-state index in [0.29, 0.717) is 23.0 Å². The Balaban J connectivity index is 0.000000434. The maximum Gasteiger partial charge on any atom is 0.303 e. The Morgan fingerprint density at radius 2 is 1.64 bits per heavy atom. The van der Waals surface area contributed by atoms with Gasteiger partial charge < -0.3 is 35.5 Å². The Morgan fingerprint density at radius 3 is 2.22 bits per heavy atom. The molecule has 0 aliphatic heterocycles. The summed E-state index contributed by atoms with van der Waals surface area (Å²) in [5, 5.41) is 40.6. The number of carboxylic acids is 2. The fourth-order valence-electron chi connectivity index (χ4n) is 3.55. The zero-order valence-electron chi connectivity index (χ0n) is 20.2. The van der Waals surface area contributed by atoms with Gasteiger partial charge in [0.1, 0.15) is 11.5 Å². The molecule has 0 bridgehead atoms. The largest absolute Gasteiger partial charge is 0.506 e. The van der Waals surface area contributed by atoms with E-state index in [9.17, 15) is 24.6 Å².